The van der Waals surface area contributed by atoms with E-state index in [1.807, 2.05) is 0 Å². The number of phenolic OH excluding ortho intramolecular Hbond substituents is 2. The minimum absolute atomic E-state index is 0.0152. The highest BCUT2D eigenvalue weighted by molar-refractivity contribution is 5.88. The largest absolute Gasteiger partial charge is 0.508 e. The van der Waals surface area contributed by atoms with E-state index in [1.54, 1.807) is 12.1 Å². The number of rotatable bonds is 14. The molecule has 3 aromatic carbocycles. The summed E-state index contributed by atoms with van der Waals surface area (Å²) in [7, 11) is 2.57. The summed E-state index contributed by atoms with van der Waals surface area (Å²) in [5, 5.41) is 126. The van der Waals surface area contributed by atoms with Crippen LogP contribution in [-0.4, -0.2) is 187 Å². The number of fused-ring (bicyclic) bond motifs is 1. The zero-order valence-corrected chi connectivity index (χ0v) is 36.1. The third kappa shape index (κ3) is 10.5. The predicted molar refractivity (Wildman–Crippen MR) is 227 cm³/mol. The Kier molecular flexibility index (Phi) is 15.4. The van der Waals surface area contributed by atoms with Crippen molar-refractivity contribution in [3.8, 4) is 45.8 Å². The van der Waals surface area contributed by atoms with Gasteiger partial charge in [-0.15, -0.1) is 0 Å². The molecule has 0 unspecified atom stereocenters. The maximum absolute atomic E-state index is 12.8. The lowest BCUT2D eigenvalue weighted by Gasteiger charge is -2.40. The van der Waals surface area contributed by atoms with Gasteiger partial charge < -0.3 is 99.2 Å². The quantitative estimate of drug-likeness (QED) is 0.0403. The molecule has 3 aliphatic rings. The molecular weight excluding hydrogens is 892 g/mol. The summed E-state index contributed by atoms with van der Waals surface area (Å²) in [5.74, 6) is -1.77. The molecule has 0 amide bonds. The number of esters is 1. The van der Waals surface area contributed by atoms with Crippen LogP contribution in [0, 0.1) is 0 Å². The molecule has 1 aromatic heterocycles. The van der Waals surface area contributed by atoms with Crippen LogP contribution in [0.1, 0.15) is 18.1 Å². The van der Waals surface area contributed by atoms with Crippen molar-refractivity contribution in [2.45, 2.75) is 105 Å². The van der Waals surface area contributed by atoms with Gasteiger partial charge in [0.15, 0.2) is 11.5 Å². The van der Waals surface area contributed by atoms with Gasteiger partial charge in [0.1, 0.15) is 85.2 Å². The summed E-state index contributed by atoms with van der Waals surface area (Å²) in [5.41, 5.74) is 0.918. The van der Waals surface area contributed by atoms with Crippen molar-refractivity contribution in [2.24, 2.45) is 0 Å². The Bertz CT molecular complexity index is 2350. The summed E-state index contributed by atoms with van der Waals surface area (Å²) in [6.45, 7) is 0.186. The summed E-state index contributed by atoms with van der Waals surface area (Å²) < 4.78 is 51.2. The first-order valence-corrected chi connectivity index (χ1v) is 21.0. The van der Waals surface area contributed by atoms with Gasteiger partial charge in [-0.25, -0.2) is 9.21 Å². The second-order valence-corrected chi connectivity index (χ2v) is 16.2. The average molecular weight is 946 g/mol. The number of ether oxygens (including phenoxy) is 8. The lowest BCUT2D eigenvalue weighted by atomic mass is 9.90. The number of aliphatic hydroxyl groups excluding tert-OH is 10. The number of aromatic hydroxyl groups is 2. The number of methoxy groups -OCH3 is 2. The molecule has 7 rings (SSSR count). The Morgan fingerprint density at radius 1 is 0.672 bits per heavy atom. The van der Waals surface area contributed by atoms with E-state index in [9.17, 15) is 66.1 Å². The number of hydrogen-bond donors (Lipinski definition) is 12. The standard InChI is InChI=1S/C45H52O22/c1-18-33(49)38(54)41(57)44(62-18)63-23-7-4-19(5-8-23)6-9-32(48)61-17-31-37(53)40(56)42(58)45(67-31)66-29-15-24-20(11-28-35(51)39(55)36(52)30(16-46)64-28)10-22(47)14-25(24)65-43(29)21-12-26(59-2)34(50)27(13-21)60-3/h4-10,12-15,18,28,30-31,33,35-42,44-46,49,51-58H,11,16-17H2,1-3H3,(H-,47,50)/p+1/b9-6+/t18-,28-,30+,31+,33-,35-,36+,37+,38+,39+,40-,41+,42+,44-,45+/m0/s1. The van der Waals surface area contributed by atoms with Crippen LogP contribution in [0.15, 0.2) is 65.1 Å². The Morgan fingerprint density at radius 3 is 1.91 bits per heavy atom. The first kappa shape index (κ1) is 49.5. The van der Waals surface area contributed by atoms with Crippen LogP contribution in [0.3, 0.4) is 0 Å². The Labute approximate surface area is 381 Å². The molecule has 22 heteroatoms. The smallest absolute Gasteiger partial charge is 0.402 e. The fourth-order valence-electron chi connectivity index (χ4n) is 7.88. The van der Waals surface area contributed by atoms with Gasteiger partial charge in [0.05, 0.1) is 50.1 Å². The minimum atomic E-state index is -1.93. The van der Waals surface area contributed by atoms with Crippen molar-refractivity contribution in [2.75, 3.05) is 27.4 Å². The van der Waals surface area contributed by atoms with Crippen LogP contribution in [-0.2, 0) is 30.2 Å². The average Bonchev–Trinajstić information content (AvgIpc) is 3.32. The molecule has 0 radical (unpaired) electrons. The van der Waals surface area contributed by atoms with Crippen molar-refractivity contribution < 1.29 is 108 Å². The second-order valence-electron chi connectivity index (χ2n) is 16.2. The monoisotopic (exact) mass is 945 g/mol. The fourth-order valence-corrected chi connectivity index (χ4v) is 7.88. The van der Waals surface area contributed by atoms with E-state index in [1.165, 1.54) is 69.7 Å². The summed E-state index contributed by atoms with van der Waals surface area (Å²) in [6.07, 6.45) is -20.4. The molecule has 0 bridgehead atoms. The molecule has 4 aromatic rings. The van der Waals surface area contributed by atoms with Crippen LogP contribution in [0.2, 0.25) is 0 Å². The van der Waals surface area contributed by atoms with Gasteiger partial charge >= 0.3 is 17.3 Å². The van der Waals surface area contributed by atoms with E-state index in [0.717, 1.165) is 6.08 Å². The van der Waals surface area contributed by atoms with Crippen LogP contribution in [0.4, 0.5) is 0 Å². The number of aliphatic hydroxyl groups is 10. The number of carbonyl (C=O) groups is 1. The number of benzene rings is 3. The fraction of sp³-hybridized carbons (Fsp3) is 0.467. The van der Waals surface area contributed by atoms with Gasteiger partial charge in [-0.3, -0.25) is 0 Å². The molecule has 0 aliphatic carbocycles. The SMILES string of the molecule is COc1cc(-c2[o+]c3cc(O)cc(C[C@@H]4O[C@H](CO)[C@@H](O)[C@H](O)[C@H]4O)c3cc2O[C@@H]2O[C@H](COC(=O)/C=C/c3ccc(O[C@@H]4O[C@@H](C)[C@H](O)[C@@H](O)[C@H]4O)cc3)[C@@H](O)[C@H](O)[C@H]2O)cc(OC)c1O. The van der Waals surface area contributed by atoms with E-state index in [4.69, 9.17) is 42.3 Å². The molecular formula is C45H53O22+. The van der Waals surface area contributed by atoms with Gasteiger partial charge in [-0.2, -0.15) is 0 Å². The zero-order chi connectivity index (χ0) is 48.4. The summed E-state index contributed by atoms with van der Waals surface area (Å²) in [4.78, 5) is 12.8. The zero-order valence-electron chi connectivity index (χ0n) is 36.1. The lowest BCUT2D eigenvalue weighted by Crippen LogP contribution is -2.60. The topological polar surface area (TPSA) is 345 Å². The van der Waals surface area contributed by atoms with Crippen molar-refractivity contribution >= 4 is 23.0 Å². The lowest BCUT2D eigenvalue weighted by molar-refractivity contribution is -0.278. The van der Waals surface area contributed by atoms with E-state index < -0.39 is 111 Å². The number of hydrogen-bond acceptors (Lipinski definition) is 21. The Hall–Kier alpha value is -5.44. The molecule has 15 atom stereocenters. The first-order chi connectivity index (χ1) is 31.9. The van der Waals surface area contributed by atoms with Crippen LogP contribution in [0.5, 0.6) is 34.5 Å². The van der Waals surface area contributed by atoms with Crippen molar-refractivity contribution in [1.82, 2.24) is 0 Å². The molecule has 0 saturated carbocycles. The van der Waals surface area contributed by atoms with Gasteiger partial charge in [0.25, 0.3) is 0 Å². The van der Waals surface area contributed by atoms with E-state index >= 15 is 0 Å². The highest BCUT2D eigenvalue weighted by Gasteiger charge is 2.48. The Balaban J connectivity index is 1.12. The number of carbonyl (C=O) groups excluding carboxylic acids is 1. The van der Waals surface area contributed by atoms with Crippen molar-refractivity contribution in [3.63, 3.8) is 0 Å². The first-order valence-electron chi connectivity index (χ1n) is 21.0. The third-order valence-electron chi connectivity index (χ3n) is 11.7. The third-order valence-corrected chi connectivity index (χ3v) is 11.7. The van der Waals surface area contributed by atoms with E-state index in [2.05, 4.69) is 0 Å². The summed E-state index contributed by atoms with van der Waals surface area (Å²) >= 11 is 0. The molecule has 12 N–H and O–H groups in total. The molecule has 3 fully saturated rings. The van der Waals surface area contributed by atoms with Crippen molar-refractivity contribution in [1.29, 1.82) is 0 Å². The van der Waals surface area contributed by atoms with E-state index in [0.29, 0.717) is 5.56 Å². The van der Waals surface area contributed by atoms with Crippen LogP contribution in [0.25, 0.3) is 28.4 Å². The van der Waals surface area contributed by atoms with Crippen LogP contribution < -0.4 is 18.9 Å². The molecule has 0 spiro atoms. The molecule has 4 heterocycles. The van der Waals surface area contributed by atoms with Gasteiger partial charge in [0, 0.05) is 30.7 Å². The van der Waals surface area contributed by atoms with Crippen molar-refractivity contribution in [3.05, 3.63) is 71.8 Å². The molecule has 3 saturated heterocycles. The van der Waals surface area contributed by atoms with Gasteiger partial charge in [0.2, 0.25) is 24.1 Å². The predicted octanol–water partition coefficient (Wildman–Crippen LogP) is -1.16. The van der Waals surface area contributed by atoms with Gasteiger partial charge in [-0.05, 0) is 42.3 Å². The molecule has 22 nitrogen and oxygen atoms in total. The van der Waals surface area contributed by atoms with E-state index in [-0.39, 0.29) is 68.8 Å². The minimum Gasteiger partial charge on any atom is -0.508 e. The molecule has 67 heavy (non-hydrogen) atoms. The second kappa shape index (κ2) is 20.8. The van der Waals surface area contributed by atoms with Gasteiger partial charge in [-0.1, -0.05) is 12.1 Å². The highest BCUT2D eigenvalue weighted by atomic mass is 16.7. The highest BCUT2D eigenvalue weighted by Crippen LogP contribution is 2.45. The number of phenols is 2. The maximum Gasteiger partial charge on any atom is 0.402 e. The summed E-state index contributed by atoms with van der Waals surface area (Å²) in [6, 6.07) is 12.8. The van der Waals surface area contributed by atoms with Crippen LogP contribution >= 0.6 is 0 Å². The maximum atomic E-state index is 12.8. The molecule has 364 valence electrons. The molecule has 3 aliphatic heterocycles. The Morgan fingerprint density at radius 2 is 1.27 bits per heavy atom. The normalized spacial score (nSPS) is 32.2.